The van der Waals surface area contributed by atoms with Crippen LogP contribution >= 0.6 is 27.3 Å². The molecule has 2 aromatic heterocycles. The van der Waals surface area contributed by atoms with E-state index in [-0.39, 0.29) is 6.04 Å². The predicted octanol–water partition coefficient (Wildman–Crippen LogP) is 2.35. The van der Waals surface area contributed by atoms with Gasteiger partial charge in [0.15, 0.2) is 0 Å². The highest BCUT2D eigenvalue weighted by molar-refractivity contribution is 9.10. The van der Waals surface area contributed by atoms with Crippen molar-refractivity contribution in [2.24, 2.45) is 5.73 Å². The summed E-state index contributed by atoms with van der Waals surface area (Å²) >= 11 is 5.08. The van der Waals surface area contributed by atoms with Crippen molar-refractivity contribution in [3.05, 3.63) is 45.1 Å². The summed E-state index contributed by atoms with van der Waals surface area (Å²) in [5, 5.41) is 4.04. The van der Waals surface area contributed by atoms with Crippen LogP contribution in [0.4, 0.5) is 0 Å². The number of halogens is 1. The lowest BCUT2D eigenvalue weighted by Crippen LogP contribution is -2.11. The van der Waals surface area contributed by atoms with Crippen molar-refractivity contribution in [1.29, 1.82) is 0 Å². The fourth-order valence-corrected chi connectivity index (χ4v) is 2.74. The Hall–Kier alpha value is -0.780. The van der Waals surface area contributed by atoms with Crippen molar-refractivity contribution in [1.82, 2.24) is 9.97 Å². The summed E-state index contributed by atoms with van der Waals surface area (Å²) in [7, 11) is 0. The molecule has 0 aromatic carbocycles. The van der Waals surface area contributed by atoms with Gasteiger partial charge in [0.25, 0.3) is 0 Å². The van der Waals surface area contributed by atoms with Crippen LogP contribution < -0.4 is 5.73 Å². The van der Waals surface area contributed by atoms with Gasteiger partial charge in [0.05, 0.1) is 6.04 Å². The second kappa shape index (κ2) is 4.16. The van der Waals surface area contributed by atoms with Crippen molar-refractivity contribution in [3.63, 3.8) is 0 Å². The summed E-state index contributed by atoms with van der Waals surface area (Å²) in [4.78, 5) is 7.88. The van der Waals surface area contributed by atoms with E-state index < -0.39 is 0 Å². The predicted molar refractivity (Wildman–Crippen MR) is 60.1 cm³/mol. The van der Waals surface area contributed by atoms with E-state index in [2.05, 4.69) is 25.9 Å². The standard InChI is InChI=1S/C9H8BrN3S/c10-8-4-14-3-7(8)9(11)6-1-12-5-13-2-6/h1-5,9H,11H2. The Bertz CT molecular complexity index is 415. The molecule has 0 bridgehead atoms. The van der Waals surface area contributed by atoms with Crippen molar-refractivity contribution < 1.29 is 0 Å². The maximum Gasteiger partial charge on any atom is 0.115 e. The molecule has 0 aliphatic rings. The Kier molecular flexibility index (Phi) is 2.90. The van der Waals surface area contributed by atoms with Crippen molar-refractivity contribution in [2.45, 2.75) is 6.04 Å². The van der Waals surface area contributed by atoms with E-state index in [0.717, 1.165) is 15.6 Å². The first kappa shape index (κ1) is 9.76. The molecule has 2 heterocycles. The number of aromatic nitrogens is 2. The van der Waals surface area contributed by atoms with Crippen LogP contribution in [0.3, 0.4) is 0 Å². The van der Waals surface area contributed by atoms with Gasteiger partial charge >= 0.3 is 0 Å². The zero-order chi connectivity index (χ0) is 9.97. The van der Waals surface area contributed by atoms with Crippen LogP contribution in [0.2, 0.25) is 0 Å². The number of hydrogen-bond acceptors (Lipinski definition) is 4. The lowest BCUT2D eigenvalue weighted by atomic mass is 10.1. The quantitative estimate of drug-likeness (QED) is 0.911. The Morgan fingerprint density at radius 3 is 2.57 bits per heavy atom. The molecule has 1 atom stereocenters. The van der Waals surface area contributed by atoms with Crippen LogP contribution in [0.25, 0.3) is 0 Å². The first-order valence-electron chi connectivity index (χ1n) is 4.01. The van der Waals surface area contributed by atoms with Crippen LogP contribution in [0.1, 0.15) is 17.2 Å². The summed E-state index contributed by atoms with van der Waals surface area (Å²) in [6.45, 7) is 0. The van der Waals surface area contributed by atoms with Crippen LogP contribution in [-0.4, -0.2) is 9.97 Å². The van der Waals surface area contributed by atoms with Gasteiger partial charge in [0.1, 0.15) is 6.33 Å². The molecule has 2 aromatic rings. The van der Waals surface area contributed by atoms with E-state index in [1.807, 2.05) is 10.8 Å². The average Bonchev–Trinajstić information content (AvgIpc) is 2.65. The lowest BCUT2D eigenvalue weighted by molar-refractivity contribution is 0.851. The molecule has 2 N–H and O–H groups in total. The minimum atomic E-state index is -0.156. The van der Waals surface area contributed by atoms with E-state index in [4.69, 9.17) is 5.73 Å². The normalized spacial score (nSPS) is 12.7. The van der Waals surface area contributed by atoms with Crippen molar-refractivity contribution in [3.8, 4) is 0 Å². The van der Waals surface area contributed by atoms with Gasteiger partial charge in [-0.25, -0.2) is 9.97 Å². The zero-order valence-corrected chi connectivity index (χ0v) is 9.62. The minimum absolute atomic E-state index is 0.156. The third-order valence-electron chi connectivity index (χ3n) is 1.92. The molecule has 0 saturated carbocycles. The first-order valence-corrected chi connectivity index (χ1v) is 5.74. The zero-order valence-electron chi connectivity index (χ0n) is 7.22. The van der Waals surface area contributed by atoms with Gasteiger partial charge in [-0.15, -0.1) is 0 Å². The van der Waals surface area contributed by atoms with Gasteiger partial charge in [-0.2, -0.15) is 11.3 Å². The smallest absolute Gasteiger partial charge is 0.115 e. The molecule has 0 radical (unpaired) electrons. The Balaban J connectivity index is 2.34. The van der Waals surface area contributed by atoms with E-state index in [1.54, 1.807) is 23.7 Å². The number of hydrogen-bond donors (Lipinski definition) is 1. The fraction of sp³-hybridized carbons (Fsp3) is 0.111. The summed E-state index contributed by atoms with van der Waals surface area (Å²) < 4.78 is 1.04. The van der Waals surface area contributed by atoms with E-state index in [9.17, 15) is 0 Å². The minimum Gasteiger partial charge on any atom is -0.320 e. The number of thiophene rings is 1. The number of nitrogens with zero attached hydrogens (tertiary/aromatic N) is 2. The van der Waals surface area contributed by atoms with Crippen LogP contribution in [0.5, 0.6) is 0 Å². The summed E-state index contributed by atoms with van der Waals surface area (Å²) in [5.41, 5.74) is 8.05. The molecule has 3 nitrogen and oxygen atoms in total. The van der Waals surface area contributed by atoms with E-state index >= 15 is 0 Å². The number of rotatable bonds is 2. The molecular formula is C9H8BrN3S. The topological polar surface area (TPSA) is 51.8 Å². The summed E-state index contributed by atoms with van der Waals surface area (Å²) in [6.07, 6.45) is 4.97. The van der Waals surface area contributed by atoms with Crippen LogP contribution in [0, 0.1) is 0 Å². The Labute approximate surface area is 94.1 Å². The van der Waals surface area contributed by atoms with E-state index in [0.29, 0.717) is 0 Å². The molecule has 5 heteroatoms. The van der Waals surface area contributed by atoms with Crippen molar-refractivity contribution >= 4 is 27.3 Å². The van der Waals surface area contributed by atoms with Gasteiger partial charge in [-0.1, -0.05) is 0 Å². The highest BCUT2D eigenvalue weighted by atomic mass is 79.9. The van der Waals surface area contributed by atoms with E-state index in [1.165, 1.54) is 6.33 Å². The Morgan fingerprint density at radius 1 is 1.29 bits per heavy atom. The molecule has 0 aliphatic heterocycles. The van der Waals surface area contributed by atoms with Crippen LogP contribution in [-0.2, 0) is 0 Å². The second-order valence-electron chi connectivity index (χ2n) is 2.82. The molecule has 0 fully saturated rings. The highest BCUT2D eigenvalue weighted by Gasteiger charge is 2.12. The third kappa shape index (κ3) is 1.84. The van der Waals surface area contributed by atoms with Gasteiger partial charge in [-0.3, -0.25) is 0 Å². The fourth-order valence-electron chi connectivity index (χ4n) is 1.16. The maximum atomic E-state index is 6.06. The Morgan fingerprint density at radius 2 is 2.00 bits per heavy atom. The third-order valence-corrected chi connectivity index (χ3v) is 3.67. The molecule has 0 aliphatic carbocycles. The average molecular weight is 270 g/mol. The monoisotopic (exact) mass is 269 g/mol. The summed E-state index contributed by atoms with van der Waals surface area (Å²) in [5.74, 6) is 0. The largest absolute Gasteiger partial charge is 0.320 e. The maximum absolute atomic E-state index is 6.06. The van der Waals surface area contributed by atoms with Crippen molar-refractivity contribution in [2.75, 3.05) is 0 Å². The van der Waals surface area contributed by atoms with Gasteiger partial charge in [0.2, 0.25) is 0 Å². The molecule has 0 amide bonds. The molecule has 0 saturated heterocycles. The van der Waals surface area contributed by atoms with Gasteiger partial charge in [-0.05, 0) is 26.9 Å². The van der Waals surface area contributed by atoms with Gasteiger partial charge < -0.3 is 5.73 Å². The molecule has 72 valence electrons. The molecule has 1 unspecified atom stereocenters. The lowest BCUT2D eigenvalue weighted by Gasteiger charge is -2.09. The second-order valence-corrected chi connectivity index (χ2v) is 4.42. The highest BCUT2D eigenvalue weighted by Crippen LogP contribution is 2.29. The molecule has 14 heavy (non-hydrogen) atoms. The molecular weight excluding hydrogens is 262 g/mol. The first-order chi connectivity index (χ1) is 6.79. The molecule has 0 spiro atoms. The SMILES string of the molecule is NC(c1cncnc1)c1cscc1Br. The number of nitrogens with two attached hydrogens (primary N) is 1. The van der Waals surface area contributed by atoms with Crippen LogP contribution in [0.15, 0.2) is 34.0 Å². The molecule has 2 rings (SSSR count). The summed E-state index contributed by atoms with van der Waals surface area (Å²) in [6, 6.07) is -0.156. The van der Waals surface area contributed by atoms with Gasteiger partial charge in [0, 0.05) is 27.8 Å².